The van der Waals surface area contributed by atoms with E-state index in [-0.39, 0.29) is 44.2 Å². The van der Waals surface area contributed by atoms with Gasteiger partial charge < -0.3 is 48.9 Å². The molecule has 0 fully saturated rings. The largest absolute Gasteiger partial charge is 0.493 e. The monoisotopic (exact) mass is 582 g/mol. The molecule has 0 saturated heterocycles. The molecule has 5 rings (SSSR count). The summed E-state index contributed by atoms with van der Waals surface area (Å²) in [6, 6.07) is 9.21. The lowest BCUT2D eigenvalue weighted by Gasteiger charge is -2.40. The lowest BCUT2D eigenvalue weighted by molar-refractivity contribution is -0.118. The highest BCUT2D eigenvalue weighted by molar-refractivity contribution is 5.99. The number of fused-ring (bicyclic) bond motifs is 4. The van der Waals surface area contributed by atoms with Gasteiger partial charge >= 0.3 is 0 Å². The fraction of sp³-hybridized carbons (Fsp3) is 0.400. The van der Waals surface area contributed by atoms with Crippen molar-refractivity contribution in [2.75, 3.05) is 47.6 Å². The Morgan fingerprint density at radius 3 is 2.55 bits per heavy atom. The molecule has 224 valence electrons. The normalized spacial score (nSPS) is 20.8. The summed E-state index contributed by atoms with van der Waals surface area (Å²) in [4.78, 5) is 28.8. The van der Waals surface area contributed by atoms with Gasteiger partial charge in [-0.25, -0.2) is 0 Å². The van der Waals surface area contributed by atoms with E-state index in [0.717, 1.165) is 0 Å². The number of hydrogen-bond acceptors (Lipinski definition) is 10. The van der Waals surface area contributed by atoms with Gasteiger partial charge in [-0.15, -0.1) is 0 Å². The Hall–Kier alpha value is -4.10. The SMILES string of the molecule is COCCN(C(=O)c1cc2cccc(OC)c2o1)[C@@H]1C=C(C(=O)NCCO)[C@@H]2c3cc(CO)cc(OC)c3O[C@@H]2[C@H]1O. The summed E-state index contributed by atoms with van der Waals surface area (Å²) in [5.41, 5.74) is 1.74. The minimum absolute atomic E-state index is 0.00162. The van der Waals surface area contributed by atoms with Gasteiger partial charge in [-0.05, 0) is 35.9 Å². The van der Waals surface area contributed by atoms with Crippen molar-refractivity contribution in [1.29, 1.82) is 0 Å². The maximum atomic E-state index is 14.0. The van der Waals surface area contributed by atoms with Gasteiger partial charge in [-0.2, -0.15) is 0 Å². The van der Waals surface area contributed by atoms with Gasteiger partial charge in [0.1, 0.15) is 12.2 Å². The number of furan rings is 1. The molecule has 4 N–H and O–H groups in total. The first-order chi connectivity index (χ1) is 20.4. The molecule has 3 aromatic rings. The third-order valence-corrected chi connectivity index (χ3v) is 7.59. The molecule has 0 bridgehead atoms. The van der Waals surface area contributed by atoms with Crippen molar-refractivity contribution < 1.29 is 48.3 Å². The fourth-order valence-electron chi connectivity index (χ4n) is 5.64. The number of aliphatic hydroxyl groups excluding tert-OH is 3. The van der Waals surface area contributed by atoms with Gasteiger partial charge in [0.15, 0.2) is 28.6 Å². The smallest absolute Gasteiger partial charge is 0.290 e. The summed E-state index contributed by atoms with van der Waals surface area (Å²) in [5.74, 6) is -0.600. The summed E-state index contributed by atoms with van der Waals surface area (Å²) in [6.07, 6.45) is -0.702. The first-order valence-electron chi connectivity index (χ1n) is 13.5. The minimum atomic E-state index is -1.28. The van der Waals surface area contributed by atoms with E-state index in [1.54, 1.807) is 42.5 Å². The summed E-state index contributed by atoms with van der Waals surface area (Å²) in [7, 11) is 4.46. The van der Waals surface area contributed by atoms with Crippen molar-refractivity contribution in [1.82, 2.24) is 10.2 Å². The van der Waals surface area contributed by atoms with Crippen LogP contribution in [0.4, 0.5) is 0 Å². The van der Waals surface area contributed by atoms with Crippen LogP contribution in [0.25, 0.3) is 11.0 Å². The zero-order valence-electron chi connectivity index (χ0n) is 23.5. The molecule has 1 aliphatic carbocycles. The molecule has 0 radical (unpaired) electrons. The van der Waals surface area contributed by atoms with E-state index >= 15 is 0 Å². The van der Waals surface area contributed by atoms with Crippen molar-refractivity contribution in [2.45, 2.75) is 30.8 Å². The predicted molar refractivity (Wildman–Crippen MR) is 150 cm³/mol. The summed E-state index contributed by atoms with van der Waals surface area (Å²) in [5, 5.41) is 34.3. The van der Waals surface area contributed by atoms with Crippen LogP contribution >= 0.6 is 0 Å². The molecule has 0 saturated carbocycles. The van der Waals surface area contributed by atoms with Crippen LogP contribution in [0.1, 0.15) is 27.6 Å². The second kappa shape index (κ2) is 12.4. The molecule has 0 spiro atoms. The van der Waals surface area contributed by atoms with Gasteiger partial charge in [0.25, 0.3) is 5.91 Å². The number of para-hydroxylation sites is 1. The number of amides is 2. The summed E-state index contributed by atoms with van der Waals surface area (Å²) < 4.78 is 28.3. The zero-order valence-corrected chi connectivity index (χ0v) is 23.5. The van der Waals surface area contributed by atoms with Gasteiger partial charge in [0.05, 0.1) is 46.0 Å². The number of rotatable bonds is 11. The van der Waals surface area contributed by atoms with E-state index in [0.29, 0.717) is 39.3 Å². The van der Waals surface area contributed by atoms with Crippen LogP contribution < -0.4 is 19.5 Å². The van der Waals surface area contributed by atoms with Crippen LogP contribution in [0.15, 0.2) is 52.5 Å². The molecule has 1 aliphatic heterocycles. The topological polar surface area (TPSA) is 160 Å². The Morgan fingerprint density at radius 1 is 1.07 bits per heavy atom. The van der Waals surface area contributed by atoms with E-state index < -0.39 is 36.0 Å². The van der Waals surface area contributed by atoms with Gasteiger partial charge in [-0.1, -0.05) is 12.1 Å². The third-order valence-electron chi connectivity index (χ3n) is 7.59. The average molecular weight is 583 g/mol. The highest BCUT2D eigenvalue weighted by Crippen LogP contribution is 2.51. The number of aliphatic hydroxyl groups is 3. The molecule has 2 aromatic carbocycles. The molecule has 2 heterocycles. The first-order valence-corrected chi connectivity index (χ1v) is 13.5. The number of nitrogens with zero attached hydrogens (tertiary/aromatic N) is 1. The molecule has 12 heteroatoms. The molecule has 2 aliphatic rings. The summed E-state index contributed by atoms with van der Waals surface area (Å²) in [6.45, 7) is -0.343. The molecule has 12 nitrogen and oxygen atoms in total. The van der Waals surface area contributed by atoms with Gasteiger partial charge in [0.2, 0.25) is 5.91 Å². The van der Waals surface area contributed by atoms with Crippen molar-refractivity contribution in [3.63, 3.8) is 0 Å². The molecule has 0 unspecified atom stereocenters. The van der Waals surface area contributed by atoms with E-state index in [9.17, 15) is 24.9 Å². The highest BCUT2D eigenvalue weighted by Gasteiger charge is 2.51. The number of hydrogen-bond donors (Lipinski definition) is 4. The van der Waals surface area contributed by atoms with Crippen LogP contribution in [-0.4, -0.2) is 97.9 Å². The highest BCUT2D eigenvalue weighted by atomic mass is 16.5. The van der Waals surface area contributed by atoms with E-state index in [2.05, 4.69) is 5.32 Å². The van der Waals surface area contributed by atoms with E-state index in [4.69, 9.17) is 23.4 Å². The minimum Gasteiger partial charge on any atom is -0.493 e. The number of carbonyl (C=O) groups excluding carboxylic acids is 2. The van der Waals surface area contributed by atoms with Crippen molar-refractivity contribution in [3.8, 4) is 17.2 Å². The number of carbonyl (C=O) groups is 2. The summed E-state index contributed by atoms with van der Waals surface area (Å²) >= 11 is 0. The zero-order chi connectivity index (χ0) is 30.0. The molecular formula is C30H34N2O10. The lowest BCUT2D eigenvalue weighted by atomic mass is 9.77. The second-order valence-electron chi connectivity index (χ2n) is 10.00. The van der Waals surface area contributed by atoms with Crippen molar-refractivity contribution in [2.24, 2.45) is 0 Å². The van der Waals surface area contributed by atoms with Crippen molar-refractivity contribution in [3.05, 3.63) is 64.9 Å². The van der Waals surface area contributed by atoms with Gasteiger partial charge in [0, 0.05) is 36.7 Å². The predicted octanol–water partition coefficient (Wildman–Crippen LogP) is 1.35. The Balaban J connectivity index is 1.60. The number of nitrogens with one attached hydrogen (secondary N) is 1. The molecular weight excluding hydrogens is 548 g/mol. The van der Waals surface area contributed by atoms with E-state index in [1.165, 1.54) is 26.2 Å². The molecule has 1 aromatic heterocycles. The standard InChI is InChI=1S/C30H34N2O10/c1-38-10-8-32(30(37)23-13-17-5-4-6-21(39-2)26(17)41-23)20-14-19(29(36)31-7-9-33)24-18-11-16(15-34)12-22(40-3)27(18)42-28(24)25(20)35/h4-6,11-14,20,24-25,28,33-35H,7-10,15H2,1-3H3,(H,31,36)/t20-,24+,25+,28+/m1/s1. The second-order valence-corrected chi connectivity index (χ2v) is 10.00. The number of methoxy groups -OCH3 is 3. The Labute approximate surface area is 242 Å². The van der Waals surface area contributed by atoms with Crippen LogP contribution in [0, 0.1) is 0 Å². The quantitative estimate of drug-likeness (QED) is 0.260. The van der Waals surface area contributed by atoms with Gasteiger partial charge in [-0.3, -0.25) is 9.59 Å². The van der Waals surface area contributed by atoms with Crippen LogP contribution in [0.5, 0.6) is 17.2 Å². The van der Waals surface area contributed by atoms with Crippen LogP contribution in [-0.2, 0) is 16.1 Å². The Bertz CT molecular complexity index is 1500. The van der Waals surface area contributed by atoms with Crippen LogP contribution in [0.2, 0.25) is 0 Å². The first kappa shape index (κ1) is 29.4. The van der Waals surface area contributed by atoms with Crippen molar-refractivity contribution >= 4 is 22.8 Å². The van der Waals surface area contributed by atoms with Crippen LogP contribution in [0.3, 0.4) is 0 Å². The van der Waals surface area contributed by atoms with E-state index in [1.807, 2.05) is 0 Å². The maximum absolute atomic E-state index is 14.0. The lowest BCUT2D eigenvalue weighted by Crippen LogP contribution is -2.56. The molecule has 4 atom stereocenters. The Morgan fingerprint density at radius 2 is 1.86 bits per heavy atom. The number of ether oxygens (including phenoxy) is 4. The molecule has 2 amide bonds. The fourth-order valence-corrected chi connectivity index (χ4v) is 5.64. The number of benzene rings is 2. The third kappa shape index (κ3) is 5.18. The maximum Gasteiger partial charge on any atom is 0.290 e. The average Bonchev–Trinajstić information content (AvgIpc) is 3.63. The molecule has 42 heavy (non-hydrogen) atoms. The Kier molecular flexibility index (Phi) is 8.69.